The van der Waals surface area contributed by atoms with Crippen LogP contribution in [0.1, 0.15) is 16.7 Å². The average Bonchev–Trinajstić information content (AvgIpc) is 2.64. The lowest BCUT2D eigenvalue weighted by atomic mass is 10.1. The Kier molecular flexibility index (Phi) is 7.60. The minimum atomic E-state index is 0. The minimum Gasteiger partial charge on any atom is -0.439 e. The summed E-state index contributed by atoms with van der Waals surface area (Å²) < 4.78 is 5.85. The van der Waals surface area contributed by atoms with E-state index in [1.807, 2.05) is 60.7 Å². The largest absolute Gasteiger partial charge is 0.439 e. The summed E-state index contributed by atoms with van der Waals surface area (Å²) in [5.74, 6) is 1.67. The number of anilines is 1. The normalized spacial score (nSPS) is 10.8. The van der Waals surface area contributed by atoms with Gasteiger partial charge in [0.2, 0.25) is 5.88 Å². The number of ether oxygens (including phenoxy) is 1. The predicted octanol–water partition coefficient (Wildman–Crippen LogP) is 5.04. The van der Waals surface area contributed by atoms with Crippen LogP contribution in [-0.4, -0.2) is 10.9 Å². The Balaban J connectivity index is 0.00000261. The van der Waals surface area contributed by atoms with Crippen LogP contribution in [0.3, 0.4) is 0 Å². The fraction of sp³-hybridized carbons (Fsp3) is 0.143. The van der Waals surface area contributed by atoms with Crippen LogP contribution < -0.4 is 15.8 Å². The topological polar surface area (TPSA) is 72.5 Å². The molecule has 3 N–H and O–H groups in total. The highest BCUT2D eigenvalue weighted by Gasteiger charge is 2.03. The molecule has 0 radical (unpaired) electrons. The molecule has 1 heterocycles. The first kappa shape index (κ1) is 20.7. The van der Waals surface area contributed by atoms with Gasteiger partial charge in [-0.05, 0) is 60.9 Å². The first-order valence-corrected chi connectivity index (χ1v) is 8.42. The van der Waals surface area contributed by atoms with Gasteiger partial charge in [-0.1, -0.05) is 24.3 Å². The molecule has 0 atom stereocenters. The standard InChI is InChI=1S/C21H22N4O.HI/c1-15-8-9-19(12-16(15)2)26-20-13-17(10-11-23-20)14-24-21(22)25-18-6-4-3-5-7-18;/h3-13H,14H2,1-2H3,(H3,22,24,25);1H. The molecule has 27 heavy (non-hydrogen) atoms. The highest BCUT2D eigenvalue weighted by atomic mass is 127. The Labute approximate surface area is 176 Å². The van der Waals surface area contributed by atoms with Gasteiger partial charge < -0.3 is 15.8 Å². The number of hydrogen-bond donors (Lipinski definition) is 2. The smallest absolute Gasteiger partial charge is 0.219 e. The van der Waals surface area contributed by atoms with Crippen molar-refractivity contribution in [2.24, 2.45) is 10.7 Å². The van der Waals surface area contributed by atoms with Gasteiger partial charge in [0, 0.05) is 18.0 Å². The highest BCUT2D eigenvalue weighted by Crippen LogP contribution is 2.22. The van der Waals surface area contributed by atoms with Crippen LogP contribution in [0, 0.1) is 13.8 Å². The summed E-state index contributed by atoms with van der Waals surface area (Å²) in [5, 5.41) is 3.06. The van der Waals surface area contributed by atoms with Gasteiger partial charge in [0.05, 0.1) is 6.54 Å². The van der Waals surface area contributed by atoms with Crippen molar-refractivity contribution < 1.29 is 4.74 Å². The first-order chi connectivity index (χ1) is 12.6. The molecule has 6 heteroatoms. The number of guanidine groups is 1. The van der Waals surface area contributed by atoms with Crippen LogP contribution in [-0.2, 0) is 6.54 Å². The number of aromatic nitrogens is 1. The molecule has 0 aliphatic carbocycles. The van der Waals surface area contributed by atoms with E-state index in [1.54, 1.807) is 6.20 Å². The Morgan fingerprint density at radius 3 is 2.56 bits per heavy atom. The van der Waals surface area contributed by atoms with Crippen molar-refractivity contribution in [1.29, 1.82) is 0 Å². The Bertz CT molecular complexity index is 913. The Morgan fingerprint density at radius 2 is 1.81 bits per heavy atom. The fourth-order valence-corrected chi connectivity index (χ4v) is 2.39. The molecule has 0 spiro atoms. The number of hydrogen-bond acceptors (Lipinski definition) is 3. The summed E-state index contributed by atoms with van der Waals surface area (Å²) >= 11 is 0. The molecule has 0 unspecified atom stereocenters. The van der Waals surface area contributed by atoms with Gasteiger partial charge in [-0.2, -0.15) is 0 Å². The number of rotatable bonds is 5. The van der Waals surface area contributed by atoms with E-state index >= 15 is 0 Å². The number of nitrogens with one attached hydrogen (secondary N) is 1. The van der Waals surface area contributed by atoms with Crippen molar-refractivity contribution in [3.63, 3.8) is 0 Å². The molecule has 3 aromatic rings. The van der Waals surface area contributed by atoms with Gasteiger partial charge in [-0.3, -0.25) is 0 Å². The van der Waals surface area contributed by atoms with Crippen LogP contribution in [0.2, 0.25) is 0 Å². The van der Waals surface area contributed by atoms with Gasteiger partial charge >= 0.3 is 0 Å². The van der Waals surface area contributed by atoms with Crippen LogP contribution in [0.25, 0.3) is 0 Å². The zero-order valence-electron chi connectivity index (χ0n) is 15.3. The van der Waals surface area contributed by atoms with E-state index in [0.29, 0.717) is 18.4 Å². The van der Waals surface area contributed by atoms with Crippen LogP contribution in [0.15, 0.2) is 71.9 Å². The van der Waals surface area contributed by atoms with E-state index < -0.39 is 0 Å². The molecular weight excluding hydrogens is 451 g/mol. The number of halogens is 1. The number of aryl methyl sites for hydroxylation is 2. The summed E-state index contributed by atoms with van der Waals surface area (Å²) in [6.07, 6.45) is 1.71. The summed E-state index contributed by atoms with van der Waals surface area (Å²) in [6, 6.07) is 19.4. The number of pyridine rings is 1. The van der Waals surface area contributed by atoms with Gasteiger partial charge in [-0.15, -0.1) is 24.0 Å². The van der Waals surface area contributed by atoms with Crippen molar-refractivity contribution in [3.05, 3.63) is 83.6 Å². The van der Waals surface area contributed by atoms with Gasteiger partial charge in [-0.25, -0.2) is 9.98 Å². The predicted molar refractivity (Wildman–Crippen MR) is 121 cm³/mol. The van der Waals surface area contributed by atoms with Crippen molar-refractivity contribution in [3.8, 4) is 11.6 Å². The van der Waals surface area contributed by atoms with Crippen molar-refractivity contribution >= 4 is 35.6 Å². The lowest BCUT2D eigenvalue weighted by Crippen LogP contribution is -2.22. The molecule has 0 amide bonds. The SMILES string of the molecule is Cc1ccc(Oc2cc(CN=C(N)Nc3ccccc3)ccn2)cc1C.I. The molecule has 0 aliphatic heterocycles. The second-order valence-electron chi connectivity index (χ2n) is 6.04. The second kappa shape index (κ2) is 9.91. The molecule has 3 rings (SSSR count). The van der Waals surface area contributed by atoms with Gasteiger partial charge in [0.1, 0.15) is 5.75 Å². The molecule has 1 aromatic heterocycles. The highest BCUT2D eigenvalue weighted by molar-refractivity contribution is 14.0. The van der Waals surface area contributed by atoms with E-state index in [0.717, 1.165) is 17.0 Å². The Morgan fingerprint density at radius 1 is 1.04 bits per heavy atom. The average molecular weight is 474 g/mol. The second-order valence-corrected chi connectivity index (χ2v) is 6.04. The maximum absolute atomic E-state index is 5.94. The van der Waals surface area contributed by atoms with Gasteiger partial charge in [0.15, 0.2) is 5.96 Å². The third-order valence-corrected chi connectivity index (χ3v) is 3.98. The summed E-state index contributed by atoms with van der Waals surface area (Å²) in [7, 11) is 0. The zero-order valence-corrected chi connectivity index (χ0v) is 17.7. The molecule has 2 aromatic carbocycles. The summed E-state index contributed by atoms with van der Waals surface area (Å²) in [4.78, 5) is 8.63. The minimum absolute atomic E-state index is 0. The fourth-order valence-electron chi connectivity index (χ4n) is 2.39. The Hall–Kier alpha value is -2.61. The van der Waals surface area contributed by atoms with Crippen LogP contribution in [0.4, 0.5) is 5.69 Å². The monoisotopic (exact) mass is 474 g/mol. The molecule has 5 nitrogen and oxygen atoms in total. The lowest BCUT2D eigenvalue weighted by molar-refractivity contribution is 0.461. The summed E-state index contributed by atoms with van der Waals surface area (Å²) in [6.45, 7) is 4.57. The van der Waals surface area contributed by atoms with Gasteiger partial charge in [0.25, 0.3) is 0 Å². The third kappa shape index (κ3) is 6.25. The van der Waals surface area contributed by atoms with Crippen molar-refractivity contribution in [2.75, 3.05) is 5.32 Å². The van der Waals surface area contributed by atoms with E-state index in [1.165, 1.54) is 11.1 Å². The van der Waals surface area contributed by atoms with E-state index in [9.17, 15) is 0 Å². The van der Waals surface area contributed by atoms with E-state index in [4.69, 9.17) is 10.5 Å². The molecule has 0 saturated carbocycles. The number of nitrogens with zero attached hydrogens (tertiary/aromatic N) is 2. The first-order valence-electron chi connectivity index (χ1n) is 8.42. The molecule has 0 saturated heterocycles. The van der Waals surface area contributed by atoms with Crippen LogP contribution in [0.5, 0.6) is 11.6 Å². The molecular formula is C21H23IN4O. The van der Waals surface area contributed by atoms with E-state index in [-0.39, 0.29) is 24.0 Å². The number of nitrogens with two attached hydrogens (primary N) is 1. The number of para-hydroxylation sites is 1. The molecule has 0 aliphatic rings. The maximum atomic E-state index is 5.94. The molecule has 140 valence electrons. The van der Waals surface area contributed by atoms with Crippen LogP contribution >= 0.6 is 24.0 Å². The summed E-state index contributed by atoms with van der Waals surface area (Å²) in [5.41, 5.74) is 10.2. The zero-order chi connectivity index (χ0) is 18.4. The van der Waals surface area contributed by atoms with Crippen molar-refractivity contribution in [1.82, 2.24) is 4.98 Å². The lowest BCUT2D eigenvalue weighted by Gasteiger charge is -2.08. The maximum Gasteiger partial charge on any atom is 0.219 e. The number of aliphatic imine (C=N–C) groups is 1. The third-order valence-electron chi connectivity index (χ3n) is 3.98. The van der Waals surface area contributed by atoms with E-state index in [2.05, 4.69) is 29.1 Å². The van der Waals surface area contributed by atoms with Crippen molar-refractivity contribution in [2.45, 2.75) is 20.4 Å². The molecule has 0 bridgehead atoms. The quantitative estimate of drug-likeness (QED) is 0.309. The molecule has 0 fully saturated rings. The number of benzene rings is 2.